The maximum Gasteiger partial charge on any atom is 0.326 e. The van der Waals surface area contributed by atoms with Gasteiger partial charge in [-0.3, -0.25) is 28.6 Å². The van der Waals surface area contributed by atoms with Crippen LogP contribution in [0.15, 0.2) is 41.3 Å². The number of nitrogens with zero attached hydrogens (tertiary/aromatic N) is 6. The second kappa shape index (κ2) is 10.8. The average Bonchev–Trinajstić information content (AvgIpc) is 3.26. The van der Waals surface area contributed by atoms with Gasteiger partial charge in [-0.15, -0.1) is 0 Å². The second-order valence-electron chi connectivity index (χ2n) is 10.9. The van der Waals surface area contributed by atoms with Gasteiger partial charge in [-0.25, -0.2) is 14.8 Å². The first-order chi connectivity index (χ1) is 19.4. The zero-order chi connectivity index (χ0) is 29.5. The lowest BCUT2D eigenvalue weighted by Gasteiger charge is -2.45. The molecule has 1 aromatic carbocycles. The van der Waals surface area contributed by atoms with Gasteiger partial charge in [0.2, 0.25) is 5.91 Å². The second-order valence-corrected chi connectivity index (χ2v) is 11.3. The van der Waals surface area contributed by atoms with Gasteiger partial charge in [-0.1, -0.05) is 37.6 Å². The lowest BCUT2D eigenvalue weighted by Crippen LogP contribution is -2.56. The first-order valence-electron chi connectivity index (χ1n) is 12.9. The van der Waals surface area contributed by atoms with Crippen molar-refractivity contribution in [3.63, 3.8) is 0 Å². The maximum absolute atomic E-state index is 13.5. The van der Waals surface area contributed by atoms with Crippen LogP contribution in [0.4, 0.5) is 10.6 Å². The van der Waals surface area contributed by atoms with E-state index in [1.807, 2.05) is 13.8 Å². The fraction of sp³-hybridized carbons (Fsp3) is 0.370. The van der Waals surface area contributed by atoms with Crippen molar-refractivity contribution in [1.82, 2.24) is 29.7 Å². The van der Waals surface area contributed by atoms with Crippen LogP contribution in [0, 0.1) is 5.41 Å². The molecule has 4 heterocycles. The molecule has 41 heavy (non-hydrogen) atoms. The number of urea groups is 1. The number of benzene rings is 1. The van der Waals surface area contributed by atoms with E-state index < -0.39 is 30.0 Å². The van der Waals surface area contributed by atoms with E-state index in [1.165, 1.54) is 17.2 Å². The molecule has 0 atom stereocenters. The van der Waals surface area contributed by atoms with Crippen molar-refractivity contribution in [2.45, 2.75) is 26.9 Å². The molecule has 0 saturated carbocycles. The summed E-state index contributed by atoms with van der Waals surface area (Å²) in [6.07, 6.45) is 1.29. The summed E-state index contributed by atoms with van der Waals surface area (Å²) < 4.78 is 1.12. The van der Waals surface area contributed by atoms with Crippen molar-refractivity contribution >= 4 is 52.4 Å². The van der Waals surface area contributed by atoms with E-state index in [-0.39, 0.29) is 60.0 Å². The Kier molecular flexibility index (Phi) is 7.39. The highest BCUT2D eigenvalue weighted by atomic mass is 35.5. The number of carboxylic acids is 1. The highest BCUT2D eigenvalue weighted by molar-refractivity contribution is 6.30. The van der Waals surface area contributed by atoms with Crippen LogP contribution in [-0.2, 0) is 22.7 Å². The average molecular weight is 582 g/mol. The Morgan fingerprint density at radius 1 is 1.07 bits per heavy atom. The van der Waals surface area contributed by atoms with Crippen LogP contribution in [0.1, 0.15) is 29.8 Å². The Morgan fingerprint density at radius 3 is 2.44 bits per heavy atom. The molecule has 14 heteroatoms. The van der Waals surface area contributed by atoms with Crippen LogP contribution in [0.3, 0.4) is 0 Å². The molecule has 4 amide bonds. The maximum atomic E-state index is 13.5. The molecule has 2 saturated heterocycles. The molecule has 13 nitrogen and oxygen atoms in total. The van der Waals surface area contributed by atoms with Crippen LogP contribution in [0.25, 0.3) is 11.2 Å². The van der Waals surface area contributed by atoms with Crippen molar-refractivity contribution in [1.29, 1.82) is 0 Å². The number of rotatable bonds is 8. The number of carbonyl (C=O) groups excluding carboxylic acids is 3. The third kappa shape index (κ3) is 5.85. The van der Waals surface area contributed by atoms with Gasteiger partial charge in [0.05, 0.1) is 6.20 Å². The topological polar surface area (TPSA) is 158 Å². The van der Waals surface area contributed by atoms with Crippen molar-refractivity contribution < 1.29 is 24.3 Å². The number of halogens is 1. The fourth-order valence-electron chi connectivity index (χ4n) is 4.96. The van der Waals surface area contributed by atoms with Crippen LogP contribution in [-0.4, -0.2) is 86.0 Å². The summed E-state index contributed by atoms with van der Waals surface area (Å²) in [4.78, 5) is 76.5. The van der Waals surface area contributed by atoms with E-state index in [0.29, 0.717) is 18.1 Å². The van der Waals surface area contributed by atoms with E-state index in [4.69, 9.17) is 16.7 Å². The van der Waals surface area contributed by atoms with E-state index in [0.717, 1.165) is 15.0 Å². The Labute approximate surface area is 239 Å². The number of hydrogen-bond acceptors (Lipinski definition) is 7. The molecule has 3 aromatic rings. The van der Waals surface area contributed by atoms with Gasteiger partial charge in [0, 0.05) is 37.7 Å². The fourth-order valence-corrected chi connectivity index (χ4v) is 5.08. The van der Waals surface area contributed by atoms with E-state index in [9.17, 15) is 24.0 Å². The van der Waals surface area contributed by atoms with E-state index >= 15 is 0 Å². The third-order valence-corrected chi connectivity index (χ3v) is 7.22. The number of carboxylic acid groups (broad SMARTS) is 1. The number of hydrogen-bond donors (Lipinski definition) is 2. The van der Waals surface area contributed by atoms with Crippen molar-refractivity contribution in [3.8, 4) is 0 Å². The van der Waals surface area contributed by atoms with Crippen LogP contribution < -0.4 is 15.8 Å². The molecule has 2 fully saturated rings. The minimum absolute atomic E-state index is 0.0163. The molecular weight excluding hydrogens is 554 g/mol. The zero-order valence-corrected chi connectivity index (χ0v) is 23.2. The summed E-state index contributed by atoms with van der Waals surface area (Å²) in [5, 5.41) is 12.3. The number of pyridine rings is 1. The van der Waals surface area contributed by atoms with Crippen molar-refractivity contribution in [2.24, 2.45) is 5.41 Å². The summed E-state index contributed by atoms with van der Waals surface area (Å²) in [6, 6.07) is 7.59. The first kappa shape index (κ1) is 28.0. The number of anilines is 1. The zero-order valence-electron chi connectivity index (χ0n) is 22.5. The monoisotopic (exact) mass is 581 g/mol. The summed E-state index contributed by atoms with van der Waals surface area (Å²) in [5.41, 5.74) is 0.00797. The van der Waals surface area contributed by atoms with Crippen LogP contribution in [0.5, 0.6) is 0 Å². The van der Waals surface area contributed by atoms with Crippen LogP contribution >= 0.6 is 11.6 Å². The van der Waals surface area contributed by atoms with Crippen molar-refractivity contribution in [2.75, 3.05) is 37.6 Å². The van der Waals surface area contributed by atoms with Gasteiger partial charge in [0.1, 0.15) is 24.2 Å². The number of amides is 4. The SMILES string of the molecule is CC1(C)CN(C(=O)Cn2c(=O)c(C(=O)NCc3ccc(Cl)cc3)cc3nc(N4CCN(CC(=O)O)C4=O)cnc32)C1. The molecule has 214 valence electrons. The summed E-state index contributed by atoms with van der Waals surface area (Å²) >= 11 is 5.93. The quantitative estimate of drug-likeness (QED) is 0.406. The van der Waals surface area contributed by atoms with E-state index in [2.05, 4.69) is 15.3 Å². The molecule has 0 bridgehead atoms. The predicted molar refractivity (Wildman–Crippen MR) is 149 cm³/mol. The Bertz CT molecular complexity index is 1610. The Morgan fingerprint density at radius 2 is 1.78 bits per heavy atom. The number of nitrogens with one attached hydrogen (secondary N) is 1. The summed E-state index contributed by atoms with van der Waals surface area (Å²) in [5.74, 6) is -1.98. The molecule has 2 aromatic heterocycles. The summed E-state index contributed by atoms with van der Waals surface area (Å²) in [7, 11) is 0. The standard InChI is InChI=1S/C27H28ClN7O6/c1-27(2)14-33(15-27)21(36)12-35-23-19(31-20(11-29-23)34-8-7-32(26(34)41)13-22(37)38)9-18(25(35)40)24(39)30-10-16-3-5-17(28)6-4-16/h3-6,9,11H,7-8,10,12-15H2,1-2H3,(H,30,39)(H,37,38). The third-order valence-electron chi connectivity index (χ3n) is 6.97. The van der Waals surface area contributed by atoms with Gasteiger partial charge >= 0.3 is 12.0 Å². The van der Waals surface area contributed by atoms with Gasteiger partial charge in [-0.05, 0) is 29.2 Å². The first-order valence-corrected chi connectivity index (χ1v) is 13.3. The molecule has 2 aliphatic heterocycles. The highest BCUT2D eigenvalue weighted by Gasteiger charge is 2.37. The minimum Gasteiger partial charge on any atom is -0.480 e. The minimum atomic E-state index is -1.14. The Balaban J connectivity index is 1.49. The summed E-state index contributed by atoms with van der Waals surface area (Å²) in [6.45, 7) is 4.85. The number of aromatic nitrogens is 3. The van der Waals surface area contributed by atoms with Crippen molar-refractivity contribution in [3.05, 3.63) is 63.0 Å². The highest BCUT2D eigenvalue weighted by Crippen LogP contribution is 2.29. The normalized spacial score (nSPS) is 16.2. The number of aliphatic carboxylic acids is 1. The number of fused-ring (bicyclic) bond motifs is 1. The van der Waals surface area contributed by atoms with Gasteiger partial charge in [-0.2, -0.15) is 0 Å². The molecule has 0 spiro atoms. The predicted octanol–water partition coefficient (Wildman–Crippen LogP) is 1.57. The largest absolute Gasteiger partial charge is 0.480 e. The number of likely N-dealkylation sites (tertiary alicyclic amines) is 1. The molecule has 5 rings (SSSR count). The molecule has 2 aliphatic rings. The van der Waals surface area contributed by atoms with Gasteiger partial charge < -0.3 is 20.2 Å². The molecule has 0 unspecified atom stereocenters. The van der Waals surface area contributed by atoms with Crippen LogP contribution in [0.2, 0.25) is 5.02 Å². The molecular formula is C27H28ClN7O6. The van der Waals surface area contributed by atoms with E-state index in [1.54, 1.807) is 29.2 Å². The lowest BCUT2D eigenvalue weighted by molar-refractivity contribution is -0.142. The molecule has 0 aliphatic carbocycles. The lowest BCUT2D eigenvalue weighted by atomic mass is 9.84. The number of carbonyl (C=O) groups is 4. The van der Waals surface area contributed by atoms with Gasteiger partial charge in [0.25, 0.3) is 11.5 Å². The molecule has 2 N–H and O–H groups in total. The molecule has 0 radical (unpaired) electrons. The van der Waals surface area contributed by atoms with Gasteiger partial charge in [0.15, 0.2) is 11.5 Å². The smallest absolute Gasteiger partial charge is 0.326 e. The Hall–Kier alpha value is -4.52.